The highest BCUT2D eigenvalue weighted by Gasteiger charge is 2.47. The quantitative estimate of drug-likeness (QED) is 0.326. The van der Waals surface area contributed by atoms with Crippen LogP contribution in [0.3, 0.4) is 0 Å². The molecule has 1 unspecified atom stereocenters. The number of nitrogens with two attached hydrogens (primary N) is 1. The van der Waals surface area contributed by atoms with Gasteiger partial charge < -0.3 is 20.7 Å². The van der Waals surface area contributed by atoms with Gasteiger partial charge in [-0.25, -0.2) is 0 Å². The molecule has 188 valence electrons. The van der Waals surface area contributed by atoms with Gasteiger partial charge >= 0.3 is 5.97 Å². The molecule has 2 fully saturated rings. The van der Waals surface area contributed by atoms with Crippen molar-refractivity contribution in [2.24, 2.45) is 16.6 Å². The van der Waals surface area contributed by atoms with Crippen LogP contribution in [0, 0.1) is 10.8 Å². The highest BCUT2D eigenvalue weighted by molar-refractivity contribution is 5.85. The van der Waals surface area contributed by atoms with Crippen LogP contribution >= 0.6 is 0 Å². The maximum atomic E-state index is 12.7. The summed E-state index contributed by atoms with van der Waals surface area (Å²) in [6.07, 6.45) is 3.85. The third kappa shape index (κ3) is 8.70. The summed E-state index contributed by atoms with van der Waals surface area (Å²) in [4.78, 5) is 53.3. The Bertz CT molecular complexity index is 714. The number of esters is 1. The second kappa shape index (κ2) is 11.9. The Labute approximate surface area is 197 Å². The topological polar surface area (TPSA) is 122 Å². The van der Waals surface area contributed by atoms with E-state index in [2.05, 4.69) is 5.32 Å². The van der Waals surface area contributed by atoms with Gasteiger partial charge in [0.1, 0.15) is 6.61 Å². The van der Waals surface area contributed by atoms with E-state index in [1.54, 1.807) is 4.90 Å². The second-order valence-electron chi connectivity index (χ2n) is 10.6. The number of hydrogen-bond acceptors (Lipinski definition) is 7. The van der Waals surface area contributed by atoms with Gasteiger partial charge in [0.15, 0.2) is 5.78 Å². The number of rotatable bonds is 12. The summed E-state index contributed by atoms with van der Waals surface area (Å²) in [6, 6.07) is -0.230. The van der Waals surface area contributed by atoms with Gasteiger partial charge in [0.25, 0.3) is 0 Å². The Morgan fingerprint density at radius 1 is 1.09 bits per heavy atom. The van der Waals surface area contributed by atoms with Crippen molar-refractivity contribution in [3.63, 3.8) is 0 Å². The van der Waals surface area contributed by atoms with Crippen molar-refractivity contribution in [1.82, 2.24) is 15.1 Å². The van der Waals surface area contributed by atoms with E-state index in [0.29, 0.717) is 39.1 Å². The molecule has 0 spiro atoms. The summed E-state index contributed by atoms with van der Waals surface area (Å²) in [5.41, 5.74) is 4.60. The number of hydrogen-bond donors (Lipinski definition) is 2. The number of nitrogens with zero attached hydrogens (tertiary/aromatic N) is 2. The number of Topliss-reactive ketones (excluding diaryl/α,β-unsaturated/α-hetero) is 1. The van der Waals surface area contributed by atoms with Crippen LogP contribution in [0.5, 0.6) is 0 Å². The highest BCUT2D eigenvalue weighted by Crippen LogP contribution is 2.46. The summed E-state index contributed by atoms with van der Waals surface area (Å²) >= 11 is 0. The van der Waals surface area contributed by atoms with Gasteiger partial charge in [0, 0.05) is 44.4 Å². The molecule has 9 heteroatoms. The molecule has 1 atom stereocenters. The fraction of sp³-hybridized carbons (Fsp3) is 0.833. The number of carbonyl (C=O) groups is 4. The molecule has 2 rings (SSSR count). The lowest BCUT2D eigenvalue weighted by Crippen LogP contribution is -2.58. The third-order valence-corrected chi connectivity index (χ3v) is 6.56. The van der Waals surface area contributed by atoms with E-state index in [9.17, 15) is 19.2 Å². The van der Waals surface area contributed by atoms with E-state index in [4.69, 9.17) is 10.5 Å². The second-order valence-corrected chi connectivity index (χ2v) is 10.6. The van der Waals surface area contributed by atoms with E-state index in [-0.39, 0.29) is 54.6 Å². The zero-order chi connectivity index (χ0) is 24.6. The lowest BCUT2D eigenvalue weighted by molar-refractivity contribution is -0.153. The largest absolute Gasteiger partial charge is 0.464 e. The molecule has 9 nitrogen and oxygen atoms in total. The van der Waals surface area contributed by atoms with E-state index in [0.717, 1.165) is 25.7 Å². The van der Waals surface area contributed by atoms with Crippen LogP contribution in [0.15, 0.2) is 0 Å². The molecule has 1 aliphatic carbocycles. The van der Waals surface area contributed by atoms with Crippen molar-refractivity contribution in [3.8, 4) is 0 Å². The number of nitrogens with one attached hydrogen (secondary N) is 1. The Kier molecular flexibility index (Phi) is 9.84. The lowest BCUT2D eigenvalue weighted by Gasteiger charge is -2.41. The van der Waals surface area contributed by atoms with Gasteiger partial charge in [-0.15, -0.1) is 0 Å². The summed E-state index contributed by atoms with van der Waals surface area (Å²) in [5.74, 6) is -0.208. The van der Waals surface area contributed by atoms with Gasteiger partial charge in [-0.3, -0.25) is 24.1 Å². The Balaban J connectivity index is 1.88. The standard InChI is InChI=1S/C24H42N4O5/c1-23(2,3)19(29)16-27-13-14-28(15-18(27)17-33-22(32)24(4)9-10-24)21(31)8-12-26-20(30)7-5-6-11-25/h18H,5-17,25H2,1-4H3,(H,26,30). The number of unbranched alkanes of at least 4 members (excludes halogenated alkanes) is 1. The summed E-state index contributed by atoms with van der Waals surface area (Å²) in [7, 11) is 0. The van der Waals surface area contributed by atoms with Crippen molar-refractivity contribution >= 4 is 23.6 Å². The lowest BCUT2D eigenvalue weighted by atomic mass is 9.90. The van der Waals surface area contributed by atoms with Crippen LogP contribution in [0.25, 0.3) is 0 Å². The molecule has 1 saturated heterocycles. The average molecular weight is 467 g/mol. The summed E-state index contributed by atoms with van der Waals surface area (Å²) < 4.78 is 5.60. The number of amides is 2. The molecular formula is C24H42N4O5. The fourth-order valence-electron chi connectivity index (χ4n) is 3.63. The third-order valence-electron chi connectivity index (χ3n) is 6.56. The number of piperazine rings is 1. The van der Waals surface area contributed by atoms with Crippen LogP contribution in [-0.4, -0.2) is 85.3 Å². The van der Waals surface area contributed by atoms with Gasteiger partial charge in [-0.05, 0) is 39.2 Å². The molecule has 1 aliphatic heterocycles. The van der Waals surface area contributed by atoms with Crippen LogP contribution in [0.1, 0.15) is 66.2 Å². The van der Waals surface area contributed by atoms with Gasteiger partial charge in [0.2, 0.25) is 11.8 Å². The number of ketones is 1. The summed E-state index contributed by atoms with van der Waals surface area (Å²) in [5, 5.41) is 2.79. The molecule has 0 aromatic heterocycles. The first kappa shape index (κ1) is 27.2. The molecule has 2 aliphatic rings. The molecule has 1 saturated carbocycles. The average Bonchev–Trinajstić information content (AvgIpc) is 3.50. The van der Waals surface area contributed by atoms with Crippen molar-refractivity contribution < 1.29 is 23.9 Å². The van der Waals surface area contributed by atoms with E-state index in [1.165, 1.54) is 0 Å². The van der Waals surface area contributed by atoms with Crippen molar-refractivity contribution in [2.75, 3.05) is 45.9 Å². The Hall–Kier alpha value is -2.00. The first-order valence-electron chi connectivity index (χ1n) is 12.2. The minimum Gasteiger partial charge on any atom is -0.464 e. The minimum atomic E-state index is -0.460. The first-order valence-corrected chi connectivity index (χ1v) is 12.2. The molecule has 2 amide bonds. The molecule has 1 heterocycles. The molecule has 33 heavy (non-hydrogen) atoms. The number of ether oxygens (including phenoxy) is 1. The Morgan fingerprint density at radius 2 is 1.79 bits per heavy atom. The normalized spacial score (nSPS) is 20.3. The molecule has 0 aromatic carbocycles. The van der Waals surface area contributed by atoms with E-state index >= 15 is 0 Å². The highest BCUT2D eigenvalue weighted by atomic mass is 16.5. The molecule has 0 aromatic rings. The zero-order valence-electron chi connectivity index (χ0n) is 20.8. The molecule has 0 radical (unpaired) electrons. The fourth-order valence-corrected chi connectivity index (χ4v) is 3.63. The van der Waals surface area contributed by atoms with Crippen molar-refractivity contribution in [1.29, 1.82) is 0 Å². The first-order chi connectivity index (χ1) is 15.5. The van der Waals surface area contributed by atoms with Crippen molar-refractivity contribution in [2.45, 2.75) is 72.3 Å². The number of carbonyl (C=O) groups excluding carboxylic acids is 4. The van der Waals surface area contributed by atoms with Crippen LogP contribution in [-0.2, 0) is 23.9 Å². The molecule has 3 N–H and O–H groups in total. The van der Waals surface area contributed by atoms with Gasteiger partial charge in [-0.2, -0.15) is 0 Å². The van der Waals surface area contributed by atoms with E-state index in [1.807, 2.05) is 32.6 Å². The van der Waals surface area contributed by atoms with Crippen LogP contribution < -0.4 is 11.1 Å². The monoisotopic (exact) mass is 466 g/mol. The van der Waals surface area contributed by atoms with Gasteiger partial charge in [0.05, 0.1) is 18.0 Å². The maximum absolute atomic E-state index is 12.7. The van der Waals surface area contributed by atoms with Crippen LogP contribution in [0.2, 0.25) is 0 Å². The summed E-state index contributed by atoms with van der Waals surface area (Å²) in [6.45, 7) is 10.3. The molecule has 0 bridgehead atoms. The minimum absolute atomic E-state index is 0.0514. The Morgan fingerprint density at radius 3 is 2.39 bits per heavy atom. The predicted octanol–water partition coefficient (Wildman–Crippen LogP) is 1.09. The van der Waals surface area contributed by atoms with Crippen LogP contribution in [0.4, 0.5) is 0 Å². The molecular weight excluding hydrogens is 424 g/mol. The predicted molar refractivity (Wildman–Crippen MR) is 125 cm³/mol. The zero-order valence-corrected chi connectivity index (χ0v) is 20.8. The maximum Gasteiger partial charge on any atom is 0.311 e. The van der Waals surface area contributed by atoms with E-state index < -0.39 is 5.41 Å². The van der Waals surface area contributed by atoms with Gasteiger partial charge in [-0.1, -0.05) is 20.8 Å². The smallest absolute Gasteiger partial charge is 0.311 e. The van der Waals surface area contributed by atoms with Crippen molar-refractivity contribution in [3.05, 3.63) is 0 Å². The SMILES string of the molecule is CC(C)(C)C(=O)CN1CCN(C(=O)CCNC(=O)CCCCN)CC1COC(=O)C1(C)CC1.